The number of aliphatic hydroxyl groups excluding tert-OH is 1. The maximum Gasteiger partial charge on any atom is 0.350 e. The second-order valence-electron chi connectivity index (χ2n) is 8.09. The second-order valence-corrected chi connectivity index (χ2v) is 8.09. The van der Waals surface area contributed by atoms with Gasteiger partial charge in [0.05, 0.1) is 18.8 Å². The Labute approximate surface area is 207 Å². The van der Waals surface area contributed by atoms with Crippen LogP contribution in [0, 0.1) is 0 Å². The van der Waals surface area contributed by atoms with Crippen molar-refractivity contribution in [3.63, 3.8) is 0 Å². The Morgan fingerprint density at radius 3 is 2.03 bits per heavy atom. The van der Waals surface area contributed by atoms with Gasteiger partial charge in [-0.3, -0.25) is 4.79 Å². The number of rotatable bonds is 18. The summed E-state index contributed by atoms with van der Waals surface area (Å²) in [7, 11) is 0. The molecular weight excluding hydrogens is 454 g/mol. The first-order chi connectivity index (χ1) is 16.8. The highest BCUT2D eigenvalue weighted by molar-refractivity contribution is 5.93. The smallest absolute Gasteiger partial charge is 0.350 e. The number of anilines is 1. The minimum atomic E-state index is -1.99. The molecule has 0 amide bonds. The van der Waals surface area contributed by atoms with Gasteiger partial charge in [0.25, 0.3) is 0 Å². The largest absolute Gasteiger partial charge is 0.464 e. The average molecular weight is 494 g/mol. The van der Waals surface area contributed by atoms with E-state index in [1.807, 2.05) is 0 Å². The molecule has 0 saturated heterocycles. The zero-order chi connectivity index (χ0) is 26.1. The summed E-state index contributed by atoms with van der Waals surface area (Å²) in [5.74, 6) is -2.67. The lowest BCUT2D eigenvalue weighted by Gasteiger charge is -2.20. The molecule has 0 aromatic heterocycles. The van der Waals surface area contributed by atoms with Gasteiger partial charge in [-0.1, -0.05) is 26.2 Å². The number of ketones is 1. The van der Waals surface area contributed by atoms with Crippen molar-refractivity contribution < 1.29 is 38.5 Å². The Balaban J connectivity index is 2.50. The van der Waals surface area contributed by atoms with Crippen molar-refractivity contribution in [3.05, 3.63) is 29.8 Å². The quantitative estimate of drug-likeness (QED) is 0.178. The molecule has 0 heterocycles. The van der Waals surface area contributed by atoms with E-state index in [1.165, 1.54) is 12.1 Å². The van der Waals surface area contributed by atoms with Crippen LogP contribution in [-0.4, -0.2) is 60.8 Å². The highest BCUT2D eigenvalue weighted by Gasteiger charge is 2.38. The van der Waals surface area contributed by atoms with Crippen LogP contribution in [0.1, 0.15) is 82.5 Å². The van der Waals surface area contributed by atoms with E-state index >= 15 is 0 Å². The number of nitrogens with one attached hydrogen (secondary N) is 1. The summed E-state index contributed by atoms with van der Waals surface area (Å²) in [4.78, 5) is 48.2. The molecule has 1 aromatic rings. The van der Waals surface area contributed by atoms with Crippen LogP contribution < -0.4 is 5.32 Å². The van der Waals surface area contributed by atoms with Gasteiger partial charge in [0.2, 0.25) is 6.10 Å². The van der Waals surface area contributed by atoms with Crippen molar-refractivity contribution in [1.29, 1.82) is 0 Å². The fourth-order valence-electron chi connectivity index (χ4n) is 3.28. The molecule has 0 fully saturated rings. The van der Waals surface area contributed by atoms with Crippen LogP contribution >= 0.6 is 0 Å². The molecule has 2 unspecified atom stereocenters. The average Bonchev–Trinajstić information content (AvgIpc) is 2.84. The van der Waals surface area contributed by atoms with Gasteiger partial charge in [0.15, 0.2) is 6.10 Å². The maximum absolute atomic E-state index is 12.5. The Kier molecular flexibility index (Phi) is 15.0. The minimum Gasteiger partial charge on any atom is -0.464 e. The molecule has 0 bridgehead atoms. The normalized spacial score (nSPS) is 12.3. The molecule has 0 saturated carbocycles. The van der Waals surface area contributed by atoms with Crippen molar-refractivity contribution in [3.8, 4) is 0 Å². The number of esters is 3. The number of unbranched alkanes of at least 4 members (excludes halogenated alkanes) is 4. The second kappa shape index (κ2) is 17.5. The van der Waals surface area contributed by atoms with E-state index < -0.39 is 30.1 Å². The number of benzene rings is 1. The Bertz CT molecular complexity index is 793. The molecule has 2 N–H and O–H groups in total. The van der Waals surface area contributed by atoms with E-state index in [0.29, 0.717) is 18.6 Å². The number of Topliss-reactive ketones (excluding diaryl/α,β-unsaturated/α-hetero) is 1. The van der Waals surface area contributed by atoms with Crippen LogP contribution in [0.4, 0.5) is 5.69 Å². The first kappa shape index (κ1) is 30.1. The topological polar surface area (TPSA) is 128 Å². The molecule has 0 aliphatic heterocycles. The molecule has 0 spiro atoms. The van der Waals surface area contributed by atoms with Gasteiger partial charge >= 0.3 is 17.9 Å². The first-order valence-electron chi connectivity index (χ1n) is 12.4. The van der Waals surface area contributed by atoms with E-state index in [-0.39, 0.29) is 18.8 Å². The number of hydrogen-bond acceptors (Lipinski definition) is 9. The third kappa shape index (κ3) is 11.8. The van der Waals surface area contributed by atoms with E-state index in [4.69, 9.17) is 14.2 Å². The molecule has 0 aliphatic rings. The van der Waals surface area contributed by atoms with Gasteiger partial charge in [-0.25, -0.2) is 14.4 Å². The van der Waals surface area contributed by atoms with Crippen LogP contribution in [-0.2, 0) is 28.6 Å². The number of ether oxygens (including phenoxy) is 3. The van der Waals surface area contributed by atoms with Crippen LogP contribution in [0.5, 0.6) is 0 Å². The summed E-state index contributed by atoms with van der Waals surface area (Å²) in [5, 5.41) is 13.4. The Morgan fingerprint density at radius 1 is 0.829 bits per heavy atom. The monoisotopic (exact) mass is 493 g/mol. The van der Waals surface area contributed by atoms with Gasteiger partial charge in [-0.15, -0.1) is 0 Å². The molecule has 35 heavy (non-hydrogen) atoms. The number of hydrogen-bond donors (Lipinski definition) is 2. The zero-order valence-corrected chi connectivity index (χ0v) is 21.0. The fourth-order valence-corrected chi connectivity index (χ4v) is 3.28. The predicted octanol–water partition coefficient (Wildman–Crippen LogP) is 3.82. The lowest BCUT2D eigenvalue weighted by molar-refractivity contribution is -0.172. The maximum atomic E-state index is 12.5. The number of carbonyl (C=O) groups is 4. The molecule has 0 aliphatic carbocycles. The summed E-state index contributed by atoms with van der Waals surface area (Å²) in [6, 6.07) is 6.40. The summed E-state index contributed by atoms with van der Waals surface area (Å²) in [6.45, 7) is 5.92. The van der Waals surface area contributed by atoms with Crippen molar-refractivity contribution in [2.24, 2.45) is 0 Å². The van der Waals surface area contributed by atoms with E-state index in [1.54, 1.807) is 26.0 Å². The molecule has 9 heteroatoms. The lowest BCUT2D eigenvalue weighted by Crippen LogP contribution is -2.44. The molecule has 2 atom stereocenters. The van der Waals surface area contributed by atoms with Crippen LogP contribution in [0.15, 0.2) is 24.3 Å². The third-order valence-electron chi connectivity index (χ3n) is 5.21. The van der Waals surface area contributed by atoms with Crippen LogP contribution in [0.25, 0.3) is 0 Å². The van der Waals surface area contributed by atoms with Crippen molar-refractivity contribution in [1.82, 2.24) is 0 Å². The van der Waals surface area contributed by atoms with Gasteiger partial charge < -0.3 is 24.6 Å². The SMILES string of the molecule is CCCCCC(=O)CCCCCNc1ccc(C(=O)OC(C(=O)OCC)C(O)C(=O)OCC)cc1. The first-order valence-corrected chi connectivity index (χ1v) is 12.4. The molecule has 196 valence electrons. The van der Waals surface area contributed by atoms with Crippen molar-refractivity contribution in [2.75, 3.05) is 25.1 Å². The lowest BCUT2D eigenvalue weighted by atomic mass is 10.1. The molecule has 9 nitrogen and oxygen atoms in total. The van der Waals surface area contributed by atoms with Gasteiger partial charge in [0.1, 0.15) is 5.78 Å². The van der Waals surface area contributed by atoms with Gasteiger partial charge in [-0.2, -0.15) is 0 Å². The van der Waals surface area contributed by atoms with E-state index in [9.17, 15) is 24.3 Å². The Morgan fingerprint density at radius 2 is 1.43 bits per heavy atom. The van der Waals surface area contributed by atoms with Gasteiger partial charge in [-0.05, 0) is 57.4 Å². The molecule has 1 aromatic carbocycles. The summed E-state index contributed by atoms with van der Waals surface area (Å²) >= 11 is 0. The molecular formula is C26H39NO8. The van der Waals surface area contributed by atoms with Gasteiger partial charge in [0, 0.05) is 25.1 Å². The summed E-state index contributed by atoms with van der Waals surface area (Å²) in [6.07, 6.45) is 3.45. The van der Waals surface area contributed by atoms with E-state index in [2.05, 4.69) is 12.2 Å². The molecule has 1 rings (SSSR count). The van der Waals surface area contributed by atoms with Crippen LogP contribution in [0.3, 0.4) is 0 Å². The number of aliphatic hydroxyl groups is 1. The number of carbonyl (C=O) groups excluding carboxylic acids is 4. The fraction of sp³-hybridized carbons (Fsp3) is 0.615. The van der Waals surface area contributed by atoms with Crippen molar-refractivity contribution >= 4 is 29.4 Å². The van der Waals surface area contributed by atoms with Crippen LogP contribution in [0.2, 0.25) is 0 Å². The highest BCUT2D eigenvalue weighted by atomic mass is 16.6. The third-order valence-corrected chi connectivity index (χ3v) is 5.21. The summed E-state index contributed by atoms with van der Waals surface area (Å²) in [5.41, 5.74) is 0.938. The van der Waals surface area contributed by atoms with E-state index in [0.717, 1.165) is 50.8 Å². The molecule has 0 radical (unpaired) electrons. The Hall–Kier alpha value is -2.94. The summed E-state index contributed by atoms with van der Waals surface area (Å²) < 4.78 is 14.6. The minimum absolute atomic E-state index is 0.00891. The highest BCUT2D eigenvalue weighted by Crippen LogP contribution is 2.14. The standard InChI is InChI=1S/C26H39NO8/c1-4-7-9-12-21(28)13-10-8-11-18-27-20-16-14-19(15-17-20)24(30)35-23(26(32)34-6-3)22(29)25(31)33-5-2/h14-17,22-23,27,29H,4-13,18H2,1-3H3. The van der Waals surface area contributed by atoms with Crippen molar-refractivity contribution in [2.45, 2.75) is 84.3 Å². The zero-order valence-electron chi connectivity index (χ0n) is 21.0. The predicted molar refractivity (Wildman–Crippen MR) is 131 cm³/mol.